The van der Waals surface area contributed by atoms with Gasteiger partial charge in [-0.2, -0.15) is 0 Å². The van der Waals surface area contributed by atoms with Gasteiger partial charge in [0, 0.05) is 35.2 Å². The number of para-hydroxylation sites is 1. The van der Waals surface area contributed by atoms with Gasteiger partial charge in [0.25, 0.3) is 5.91 Å². The van der Waals surface area contributed by atoms with Gasteiger partial charge in [-0.05, 0) is 18.2 Å². The zero-order valence-electron chi connectivity index (χ0n) is 17.3. The van der Waals surface area contributed by atoms with E-state index in [1.807, 2.05) is 42.5 Å². The average molecular weight is 535 g/mol. The molecule has 1 N–H and O–H groups in total. The number of amides is 1. The van der Waals surface area contributed by atoms with E-state index in [1.165, 1.54) is 11.8 Å². The number of hydrogen-bond donors (Lipinski definition) is 1. The monoisotopic (exact) mass is 534 g/mol. The molecule has 0 aliphatic carbocycles. The van der Waals surface area contributed by atoms with E-state index in [1.54, 1.807) is 6.08 Å². The maximum absolute atomic E-state index is 12.2. The molecule has 0 bridgehead atoms. The van der Waals surface area contributed by atoms with Crippen LogP contribution in [-0.2, 0) is 16.1 Å². The Labute approximate surface area is 205 Å². The summed E-state index contributed by atoms with van der Waals surface area (Å²) in [7, 11) is 0. The number of thiocarbonyl (C=S) groups is 1. The number of thioether (sulfide) groups is 1. The topological polar surface area (TPSA) is 60.0 Å². The summed E-state index contributed by atoms with van der Waals surface area (Å²) in [6, 6.07) is 13.6. The van der Waals surface area contributed by atoms with E-state index < -0.39 is 0 Å². The van der Waals surface area contributed by atoms with E-state index in [0.717, 1.165) is 48.4 Å². The summed E-state index contributed by atoms with van der Waals surface area (Å²) < 4.78 is 19.2. The van der Waals surface area contributed by atoms with Crippen molar-refractivity contribution in [2.24, 2.45) is 0 Å². The molecule has 0 aromatic heterocycles. The van der Waals surface area contributed by atoms with Gasteiger partial charge < -0.3 is 19.5 Å². The first-order chi connectivity index (χ1) is 15.6. The third-order valence-corrected chi connectivity index (χ3v) is 6.97. The lowest BCUT2D eigenvalue weighted by atomic mass is 10.1. The minimum Gasteiger partial charge on any atom is -0.488 e. The molecule has 0 radical (unpaired) electrons. The van der Waals surface area contributed by atoms with Crippen LogP contribution in [0.5, 0.6) is 11.5 Å². The third kappa shape index (κ3) is 6.11. The Balaban J connectivity index is 1.55. The van der Waals surface area contributed by atoms with Crippen LogP contribution in [0, 0.1) is 0 Å². The van der Waals surface area contributed by atoms with Crippen molar-refractivity contribution in [2.75, 3.05) is 39.5 Å². The Hall–Kier alpha value is -1.91. The molecule has 32 heavy (non-hydrogen) atoms. The Kier molecular flexibility index (Phi) is 8.20. The Morgan fingerprint density at radius 2 is 1.97 bits per heavy atom. The highest BCUT2D eigenvalue weighted by atomic mass is 79.9. The second kappa shape index (κ2) is 11.3. The molecule has 2 aliphatic rings. The molecular weight excluding hydrogens is 512 g/mol. The molecule has 1 amide bonds. The number of carbonyl (C=O) groups is 1. The fraction of sp³-hybridized carbons (Fsp3) is 0.304. The summed E-state index contributed by atoms with van der Waals surface area (Å²) in [4.78, 5) is 15.0. The van der Waals surface area contributed by atoms with Crippen LogP contribution < -0.4 is 14.8 Å². The lowest BCUT2D eigenvalue weighted by Gasteiger charge is -2.26. The first kappa shape index (κ1) is 23.3. The minimum absolute atomic E-state index is 0.199. The molecule has 2 heterocycles. The second-order valence-corrected chi connectivity index (χ2v) is 9.78. The number of halogens is 1. The van der Waals surface area contributed by atoms with Crippen molar-refractivity contribution < 1.29 is 19.0 Å². The maximum Gasteiger partial charge on any atom is 0.263 e. The second-order valence-electron chi connectivity index (χ2n) is 7.21. The molecule has 2 saturated heterocycles. The summed E-state index contributed by atoms with van der Waals surface area (Å²) in [5, 5.41) is 2.65. The van der Waals surface area contributed by atoms with Gasteiger partial charge in [-0.15, -0.1) is 0 Å². The highest BCUT2D eigenvalue weighted by molar-refractivity contribution is 9.10. The van der Waals surface area contributed by atoms with Crippen molar-refractivity contribution in [1.82, 2.24) is 10.2 Å². The Bertz CT molecular complexity index is 1020. The molecule has 2 fully saturated rings. The maximum atomic E-state index is 12.2. The molecular formula is C23H23BrN2O4S2. The molecule has 0 saturated carbocycles. The fourth-order valence-electron chi connectivity index (χ4n) is 3.35. The van der Waals surface area contributed by atoms with Gasteiger partial charge in [-0.25, -0.2) is 0 Å². The summed E-state index contributed by atoms with van der Waals surface area (Å²) >= 11 is 9.93. The molecule has 0 unspecified atom stereocenters. The van der Waals surface area contributed by atoms with Gasteiger partial charge in [-0.1, -0.05) is 70.2 Å². The number of benzene rings is 2. The largest absolute Gasteiger partial charge is 0.488 e. The molecule has 0 atom stereocenters. The molecule has 2 aromatic rings. The first-order valence-electron chi connectivity index (χ1n) is 10.3. The van der Waals surface area contributed by atoms with Gasteiger partial charge in [0.15, 0.2) is 11.5 Å². The van der Waals surface area contributed by atoms with Crippen molar-refractivity contribution in [1.29, 1.82) is 0 Å². The number of nitrogens with one attached hydrogen (secondary N) is 1. The van der Waals surface area contributed by atoms with E-state index >= 15 is 0 Å². The summed E-state index contributed by atoms with van der Waals surface area (Å²) in [6.07, 6.45) is 1.80. The quantitative estimate of drug-likeness (QED) is 0.401. The molecule has 9 heteroatoms. The highest BCUT2D eigenvalue weighted by Crippen LogP contribution is 2.36. The minimum atomic E-state index is -0.199. The molecule has 0 spiro atoms. The normalized spacial score (nSPS) is 18.1. The molecule has 2 aliphatic heterocycles. The van der Waals surface area contributed by atoms with Gasteiger partial charge in [-0.3, -0.25) is 9.69 Å². The molecule has 2 aromatic carbocycles. The van der Waals surface area contributed by atoms with Crippen LogP contribution in [0.25, 0.3) is 6.08 Å². The summed E-state index contributed by atoms with van der Waals surface area (Å²) in [5.74, 6) is 1.05. The van der Waals surface area contributed by atoms with Crippen LogP contribution in [-0.4, -0.2) is 54.6 Å². The number of hydrogen-bond acceptors (Lipinski definition) is 7. The SMILES string of the molecule is O=C1NC(=S)S/C1=C/c1cccc(OCCN2CCOCC2)c1OCc1ccccc1Br. The van der Waals surface area contributed by atoms with Crippen LogP contribution >= 0.6 is 39.9 Å². The van der Waals surface area contributed by atoms with Crippen LogP contribution in [0.3, 0.4) is 0 Å². The molecule has 4 rings (SSSR count). The van der Waals surface area contributed by atoms with E-state index in [0.29, 0.717) is 33.9 Å². The van der Waals surface area contributed by atoms with Crippen LogP contribution in [0.15, 0.2) is 51.8 Å². The smallest absolute Gasteiger partial charge is 0.263 e. The standard InChI is InChI=1S/C23H23BrN2O4S2/c24-18-6-2-1-4-17(18)15-30-21-16(14-20-22(27)25-23(31)32-20)5-3-7-19(21)29-13-10-26-8-11-28-12-9-26/h1-7,14H,8-13,15H2,(H,25,27,31)/b20-14+. The first-order valence-corrected chi connectivity index (χ1v) is 12.3. The van der Waals surface area contributed by atoms with Gasteiger partial charge in [0.05, 0.1) is 18.1 Å². The van der Waals surface area contributed by atoms with Gasteiger partial charge in [0.2, 0.25) is 0 Å². The van der Waals surface area contributed by atoms with Crippen LogP contribution in [0.1, 0.15) is 11.1 Å². The molecule has 6 nitrogen and oxygen atoms in total. The van der Waals surface area contributed by atoms with Crippen molar-refractivity contribution in [2.45, 2.75) is 6.61 Å². The Morgan fingerprint density at radius 3 is 2.72 bits per heavy atom. The highest BCUT2D eigenvalue weighted by Gasteiger charge is 2.23. The average Bonchev–Trinajstić information content (AvgIpc) is 3.11. The number of carbonyl (C=O) groups excluding carboxylic acids is 1. The van der Waals surface area contributed by atoms with Crippen molar-refractivity contribution >= 4 is 56.2 Å². The van der Waals surface area contributed by atoms with Gasteiger partial charge in [0.1, 0.15) is 17.5 Å². The van der Waals surface area contributed by atoms with Crippen molar-refractivity contribution in [3.05, 3.63) is 63.0 Å². The Morgan fingerprint density at radius 1 is 1.16 bits per heavy atom. The van der Waals surface area contributed by atoms with Gasteiger partial charge >= 0.3 is 0 Å². The zero-order chi connectivity index (χ0) is 22.3. The fourth-order valence-corrected chi connectivity index (χ4v) is 4.79. The lowest BCUT2D eigenvalue weighted by molar-refractivity contribution is -0.115. The lowest BCUT2D eigenvalue weighted by Crippen LogP contribution is -2.38. The van der Waals surface area contributed by atoms with E-state index in [2.05, 4.69) is 26.1 Å². The number of ether oxygens (including phenoxy) is 3. The summed E-state index contributed by atoms with van der Waals surface area (Å²) in [5.41, 5.74) is 1.78. The van der Waals surface area contributed by atoms with Crippen molar-refractivity contribution in [3.63, 3.8) is 0 Å². The summed E-state index contributed by atoms with van der Waals surface area (Å²) in [6.45, 7) is 5.03. The predicted octanol–water partition coefficient (Wildman–Crippen LogP) is 4.23. The number of morpholine rings is 1. The zero-order valence-corrected chi connectivity index (χ0v) is 20.6. The van der Waals surface area contributed by atoms with E-state index in [9.17, 15) is 4.79 Å². The van der Waals surface area contributed by atoms with E-state index in [-0.39, 0.29) is 5.91 Å². The predicted molar refractivity (Wildman–Crippen MR) is 134 cm³/mol. The van der Waals surface area contributed by atoms with Crippen molar-refractivity contribution in [3.8, 4) is 11.5 Å². The van der Waals surface area contributed by atoms with Crippen LogP contribution in [0.2, 0.25) is 0 Å². The number of rotatable bonds is 8. The number of nitrogens with zero attached hydrogens (tertiary/aromatic N) is 1. The third-order valence-electron chi connectivity index (χ3n) is 5.04. The molecule has 168 valence electrons. The van der Waals surface area contributed by atoms with E-state index in [4.69, 9.17) is 26.4 Å². The van der Waals surface area contributed by atoms with Crippen LogP contribution in [0.4, 0.5) is 0 Å².